The van der Waals surface area contributed by atoms with Crippen LogP contribution in [-0.2, 0) is 9.59 Å². The molecule has 2 heterocycles. The summed E-state index contributed by atoms with van der Waals surface area (Å²) in [6, 6.07) is 7.57. The first kappa shape index (κ1) is 18.7. The maximum absolute atomic E-state index is 12.5. The molecule has 1 aromatic carbocycles. The number of carbonyl (C=O) groups excluding carboxylic acids is 2. The fourth-order valence-electron chi connectivity index (χ4n) is 4.34. The van der Waals surface area contributed by atoms with E-state index in [4.69, 9.17) is 4.74 Å². The van der Waals surface area contributed by atoms with Crippen molar-refractivity contribution in [2.24, 2.45) is 0 Å². The van der Waals surface area contributed by atoms with E-state index >= 15 is 0 Å². The van der Waals surface area contributed by atoms with E-state index in [9.17, 15) is 9.59 Å². The Kier molecular flexibility index (Phi) is 4.97. The first-order valence-corrected chi connectivity index (χ1v) is 9.26. The van der Waals surface area contributed by atoms with Crippen molar-refractivity contribution in [3.63, 3.8) is 0 Å². The molecule has 142 valence electrons. The molecule has 2 N–H and O–H groups in total. The molecule has 6 nitrogen and oxygen atoms in total. The number of amides is 2. The van der Waals surface area contributed by atoms with Gasteiger partial charge in [0, 0.05) is 30.1 Å². The lowest BCUT2D eigenvalue weighted by molar-refractivity contribution is -0.122. The summed E-state index contributed by atoms with van der Waals surface area (Å²) < 4.78 is 5.44. The van der Waals surface area contributed by atoms with E-state index in [0.717, 1.165) is 18.5 Å². The monoisotopic (exact) mass is 359 g/mol. The number of piperidine rings is 1. The molecular weight excluding hydrogens is 330 g/mol. The Bertz CT molecular complexity index is 683. The van der Waals surface area contributed by atoms with Crippen LogP contribution in [0.2, 0.25) is 0 Å². The average Bonchev–Trinajstić information content (AvgIpc) is 2.50. The highest BCUT2D eigenvalue weighted by Gasteiger charge is 2.38. The van der Waals surface area contributed by atoms with Crippen LogP contribution in [0.3, 0.4) is 0 Å². The van der Waals surface area contributed by atoms with Crippen LogP contribution in [0.15, 0.2) is 24.3 Å². The number of rotatable bonds is 4. The second-order valence-electron chi connectivity index (χ2n) is 8.62. The van der Waals surface area contributed by atoms with E-state index in [1.807, 2.05) is 24.3 Å². The molecule has 0 atom stereocenters. The van der Waals surface area contributed by atoms with E-state index in [1.54, 1.807) is 4.90 Å². The normalized spacial score (nSPS) is 21.7. The number of hydrogen-bond acceptors (Lipinski definition) is 4. The number of anilines is 1. The SMILES string of the molecule is CC1(C)CC(NC(=O)CCN2C(=O)COc3ccccc32)CC(C)(C)N1. The summed E-state index contributed by atoms with van der Waals surface area (Å²) in [6.07, 6.45) is 2.06. The van der Waals surface area contributed by atoms with Crippen LogP contribution >= 0.6 is 0 Å². The van der Waals surface area contributed by atoms with Gasteiger partial charge in [-0.1, -0.05) is 12.1 Å². The van der Waals surface area contributed by atoms with Gasteiger partial charge in [-0.2, -0.15) is 0 Å². The Hall–Kier alpha value is -2.08. The minimum absolute atomic E-state index is 0.0136. The molecule has 1 saturated heterocycles. The number of nitrogens with one attached hydrogen (secondary N) is 2. The van der Waals surface area contributed by atoms with Gasteiger partial charge in [0.05, 0.1) is 5.69 Å². The molecule has 2 amide bonds. The Labute approximate surface area is 155 Å². The summed E-state index contributed by atoms with van der Waals surface area (Å²) >= 11 is 0. The second kappa shape index (κ2) is 6.91. The summed E-state index contributed by atoms with van der Waals surface area (Å²) in [4.78, 5) is 26.3. The van der Waals surface area contributed by atoms with Gasteiger partial charge < -0.3 is 20.3 Å². The molecule has 0 saturated carbocycles. The zero-order valence-electron chi connectivity index (χ0n) is 16.1. The lowest BCUT2D eigenvalue weighted by atomic mass is 9.79. The fourth-order valence-corrected chi connectivity index (χ4v) is 4.34. The Morgan fingerprint density at radius 3 is 2.58 bits per heavy atom. The van der Waals surface area contributed by atoms with Gasteiger partial charge in [-0.15, -0.1) is 0 Å². The first-order valence-electron chi connectivity index (χ1n) is 9.26. The van der Waals surface area contributed by atoms with Gasteiger partial charge in [0.25, 0.3) is 5.91 Å². The molecule has 0 bridgehead atoms. The minimum atomic E-state index is -0.111. The zero-order chi connectivity index (χ0) is 18.9. The van der Waals surface area contributed by atoms with Crippen molar-refractivity contribution in [3.8, 4) is 5.75 Å². The van der Waals surface area contributed by atoms with Crippen LogP contribution < -0.4 is 20.3 Å². The average molecular weight is 359 g/mol. The van der Waals surface area contributed by atoms with E-state index in [2.05, 4.69) is 38.3 Å². The lowest BCUT2D eigenvalue weighted by Gasteiger charge is -2.46. The van der Waals surface area contributed by atoms with Crippen molar-refractivity contribution in [2.75, 3.05) is 18.1 Å². The number of hydrogen-bond donors (Lipinski definition) is 2. The Morgan fingerprint density at radius 2 is 1.88 bits per heavy atom. The molecule has 0 aliphatic carbocycles. The van der Waals surface area contributed by atoms with Gasteiger partial charge in [-0.05, 0) is 52.7 Å². The van der Waals surface area contributed by atoms with Crippen LogP contribution in [0.25, 0.3) is 0 Å². The summed E-state index contributed by atoms with van der Waals surface area (Å²) in [7, 11) is 0. The van der Waals surface area contributed by atoms with Crippen molar-refractivity contribution >= 4 is 17.5 Å². The highest BCUT2D eigenvalue weighted by atomic mass is 16.5. The number of para-hydroxylation sites is 2. The smallest absolute Gasteiger partial charge is 0.265 e. The molecule has 1 aromatic rings. The van der Waals surface area contributed by atoms with Crippen molar-refractivity contribution in [1.82, 2.24) is 10.6 Å². The molecule has 6 heteroatoms. The number of benzene rings is 1. The molecule has 0 aromatic heterocycles. The molecular formula is C20H29N3O3. The molecule has 0 unspecified atom stereocenters. The molecule has 0 spiro atoms. The van der Waals surface area contributed by atoms with E-state index in [-0.39, 0.29) is 42.0 Å². The van der Waals surface area contributed by atoms with Gasteiger partial charge in [-0.3, -0.25) is 9.59 Å². The number of ether oxygens (including phenoxy) is 1. The predicted molar refractivity (Wildman–Crippen MR) is 101 cm³/mol. The standard InChI is InChI=1S/C20H29N3O3/c1-19(2)11-14(12-20(3,4)22-19)21-17(24)9-10-23-15-7-5-6-8-16(15)26-13-18(23)25/h5-8,14,22H,9-13H2,1-4H3,(H,21,24). The zero-order valence-corrected chi connectivity index (χ0v) is 16.1. The summed E-state index contributed by atoms with van der Waals surface area (Å²) in [6.45, 7) is 9.04. The van der Waals surface area contributed by atoms with Crippen LogP contribution in [-0.4, -0.2) is 42.1 Å². The van der Waals surface area contributed by atoms with Gasteiger partial charge in [-0.25, -0.2) is 0 Å². The molecule has 26 heavy (non-hydrogen) atoms. The number of nitrogens with zero attached hydrogens (tertiary/aromatic N) is 1. The van der Waals surface area contributed by atoms with Gasteiger partial charge in [0.2, 0.25) is 5.91 Å². The topological polar surface area (TPSA) is 70.7 Å². The summed E-state index contributed by atoms with van der Waals surface area (Å²) in [5.41, 5.74) is 0.707. The minimum Gasteiger partial charge on any atom is -0.482 e. The maximum Gasteiger partial charge on any atom is 0.265 e. The molecule has 2 aliphatic heterocycles. The van der Waals surface area contributed by atoms with Crippen LogP contribution in [0, 0.1) is 0 Å². The Morgan fingerprint density at radius 1 is 1.23 bits per heavy atom. The van der Waals surface area contributed by atoms with Gasteiger partial charge in [0.1, 0.15) is 5.75 Å². The van der Waals surface area contributed by atoms with Crippen molar-refractivity contribution in [2.45, 2.75) is 64.1 Å². The fraction of sp³-hybridized carbons (Fsp3) is 0.600. The van der Waals surface area contributed by atoms with E-state index < -0.39 is 0 Å². The molecule has 0 radical (unpaired) electrons. The predicted octanol–water partition coefficient (Wildman–Crippen LogP) is 2.23. The quantitative estimate of drug-likeness (QED) is 0.865. The van der Waals surface area contributed by atoms with Gasteiger partial charge in [0.15, 0.2) is 6.61 Å². The Balaban J connectivity index is 1.59. The highest BCUT2D eigenvalue weighted by molar-refractivity contribution is 5.98. The third kappa shape index (κ3) is 4.36. The van der Waals surface area contributed by atoms with Crippen LogP contribution in [0.1, 0.15) is 47.0 Å². The van der Waals surface area contributed by atoms with Crippen molar-refractivity contribution in [1.29, 1.82) is 0 Å². The van der Waals surface area contributed by atoms with Gasteiger partial charge >= 0.3 is 0 Å². The molecule has 1 fully saturated rings. The lowest BCUT2D eigenvalue weighted by Crippen LogP contribution is -2.62. The van der Waals surface area contributed by atoms with Crippen molar-refractivity contribution in [3.05, 3.63) is 24.3 Å². The van der Waals surface area contributed by atoms with Crippen molar-refractivity contribution < 1.29 is 14.3 Å². The van der Waals surface area contributed by atoms with E-state index in [0.29, 0.717) is 12.3 Å². The molecule has 3 rings (SSSR count). The third-order valence-corrected chi connectivity index (χ3v) is 4.93. The first-order chi connectivity index (χ1) is 12.2. The van der Waals surface area contributed by atoms with Crippen LogP contribution in [0.5, 0.6) is 5.75 Å². The third-order valence-electron chi connectivity index (χ3n) is 4.93. The molecule has 2 aliphatic rings. The second-order valence-corrected chi connectivity index (χ2v) is 8.62. The largest absolute Gasteiger partial charge is 0.482 e. The van der Waals surface area contributed by atoms with E-state index in [1.165, 1.54) is 0 Å². The maximum atomic E-state index is 12.5. The summed E-state index contributed by atoms with van der Waals surface area (Å²) in [5, 5.41) is 6.78. The van der Waals surface area contributed by atoms with Crippen LogP contribution in [0.4, 0.5) is 5.69 Å². The number of carbonyl (C=O) groups is 2. The number of fused-ring (bicyclic) bond motifs is 1. The highest BCUT2D eigenvalue weighted by Crippen LogP contribution is 2.31. The summed E-state index contributed by atoms with van der Waals surface area (Å²) in [5.74, 6) is 0.565.